The Kier molecular flexibility index (Phi) is 2.99. The molecule has 3 heteroatoms. The van der Waals surface area contributed by atoms with Crippen LogP contribution in [0.1, 0.15) is 0 Å². The predicted octanol–water partition coefficient (Wildman–Crippen LogP) is 4.30. The zero-order valence-corrected chi connectivity index (χ0v) is 11.2. The van der Waals surface area contributed by atoms with E-state index in [2.05, 4.69) is 39.2 Å². The Morgan fingerprint density at radius 2 is 1.72 bits per heavy atom. The van der Waals surface area contributed by atoms with Gasteiger partial charge in [0.1, 0.15) is 0 Å². The van der Waals surface area contributed by atoms with E-state index < -0.39 is 0 Å². The van der Waals surface area contributed by atoms with E-state index in [0.717, 1.165) is 21.4 Å². The zero-order valence-electron chi connectivity index (χ0n) is 9.62. The lowest BCUT2D eigenvalue weighted by molar-refractivity contribution is 0.887. The van der Waals surface area contributed by atoms with Gasteiger partial charge in [-0.15, -0.1) is 0 Å². The van der Waals surface area contributed by atoms with Gasteiger partial charge in [-0.3, -0.25) is 0 Å². The molecule has 0 N–H and O–H groups in total. The molecule has 0 fully saturated rings. The Bertz CT molecular complexity index is 659. The van der Waals surface area contributed by atoms with E-state index in [4.69, 9.17) is 0 Å². The summed E-state index contributed by atoms with van der Waals surface area (Å²) in [4.78, 5) is 0. The van der Waals surface area contributed by atoms with Crippen LogP contribution < -0.4 is 0 Å². The highest BCUT2D eigenvalue weighted by Crippen LogP contribution is 2.23. The maximum Gasteiger partial charge on any atom is 0.0740 e. The van der Waals surface area contributed by atoms with Crippen molar-refractivity contribution in [1.29, 1.82) is 0 Å². The van der Waals surface area contributed by atoms with Crippen molar-refractivity contribution in [2.24, 2.45) is 0 Å². The van der Waals surface area contributed by atoms with Crippen LogP contribution >= 0.6 is 15.9 Å². The fourth-order valence-electron chi connectivity index (χ4n) is 1.94. The quantitative estimate of drug-likeness (QED) is 0.690. The molecule has 88 valence electrons. The molecule has 0 spiro atoms. The molecular weight excluding hydrogens is 288 g/mol. The van der Waals surface area contributed by atoms with Gasteiger partial charge in [0.05, 0.1) is 17.6 Å². The second-order valence-corrected chi connectivity index (χ2v) is 4.89. The summed E-state index contributed by atoms with van der Waals surface area (Å²) in [6.07, 6.45) is 1.82. The topological polar surface area (TPSA) is 17.8 Å². The summed E-state index contributed by atoms with van der Waals surface area (Å²) in [5.74, 6) is 0. The van der Waals surface area contributed by atoms with Crippen molar-refractivity contribution in [3.63, 3.8) is 0 Å². The van der Waals surface area contributed by atoms with Crippen LogP contribution in [-0.2, 0) is 0 Å². The normalized spacial score (nSPS) is 10.5. The Balaban J connectivity index is 2.13. The molecule has 3 rings (SSSR count). The summed E-state index contributed by atoms with van der Waals surface area (Å²) in [6, 6.07) is 20.4. The third-order valence-electron chi connectivity index (χ3n) is 2.77. The maximum atomic E-state index is 4.40. The van der Waals surface area contributed by atoms with Crippen molar-refractivity contribution < 1.29 is 0 Å². The third-order valence-corrected chi connectivity index (χ3v) is 3.26. The van der Waals surface area contributed by atoms with Crippen LogP contribution in [-0.4, -0.2) is 9.78 Å². The summed E-state index contributed by atoms with van der Waals surface area (Å²) < 4.78 is 3.00. The van der Waals surface area contributed by atoms with Gasteiger partial charge in [-0.1, -0.05) is 52.3 Å². The number of hydrogen-bond donors (Lipinski definition) is 0. The number of aromatic nitrogens is 2. The largest absolute Gasteiger partial charge is 0.233 e. The molecule has 3 aromatic rings. The van der Waals surface area contributed by atoms with Crippen molar-refractivity contribution in [3.8, 4) is 16.9 Å². The minimum absolute atomic E-state index is 1.05. The van der Waals surface area contributed by atoms with Crippen LogP contribution in [0.5, 0.6) is 0 Å². The monoisotopic (exact) mass is 298 g/mol. The van der Waals surface area contributed by atoms with Crippen LogP contribution in [0, 0.1) is 0 Å². The number of halogens is 1. The van der Waals surface area contributed by atoms with Crippen LogP contribution in [0.25, 0.3) is 16.9 Å². The van der Waals surface area contributed by atoms with E-state index >= 15 is 0 Å². The lowest BCUT2D eigenvalue weighted by atomic mass is 10.1. The molecule has 0 saturated heterocycles. The summed E-state index contributed by atoms with van der Waals surface area (Å²) in [5, 5.41) is 4.40. The van der Waals surface area contributed by atoms with Gasteiger partial charge in [-0.05, 0) is 24.3 Å². The highest BCUT2D eigenvalue weighted by atomic mass is 79.9. The molecule has 0 aliphatic carbocycles. The van der Waals surface area contributed by atoms with E-state index in [1.54, 1.807) is 0 Å². The second-order valence-electron chi connectivity index (χ2n) is 3.97. The van der Waals surface area contributed by atoms with Crippen LogP contribution in [0.4, 0.5) is 0 Å². The summed E-state index contributed by atoms with van der Waals surface area (Å²) >= 11 is 3.49. The summed E-state index contributed by atoms with van der Waals surface area (Å²) in [7, 11) is 0. The Labute approximate surface area is 114 Å². The molecule has 1 aromatic heterocycles. The Hall–Kier alpha value is -1.87. The van der Waals surface area contributed by atoms with E-state index in [0.29, 0.717) is 0 Å². The van der Waals surface area contributed by atoms with Crippen molar-refractivity contribution in [2.75, 3.05) is 0 Å². The Morgan fingerprint density at radius 3 is 2.50 bits per heavy atom. The SMILES string of the molecule is Brc1cccc(-n2nccc2-c2ccccc2)c1. The molecular formula is C15H11BrN2. The van der Waals surface area contributed by atoms with Gasteiger partial charge in [-0.25, -0.2) is 4.68 Å². The second kappa shape index (κ2) is 4.78. The molecule has 0 aliphatic rings. The maximum absolute atomic E-state index is 4.40. The third kappa shape index (κ3) is 2.09. The first-order valence-electron chi connectivity index (χ1n) is 5.70. The number of hydrogen-bond acceptors (Lipinski definition) is 1. The molecule has 0 radical (unpaired) electrons. The van der Waals surface area contributed by atoms with Gasteiger partial charge < -0.3 is 0 Å². The minimum Gasteiger partial charge on any atom is -0.233 e. The number of benzene rings is 2. The van der Waals surface area contributed by atoms with Crippen molar-refractivity contribution in [3.05, 3.63) is 71.3 Å². The van der Waals surface area contributed by atoms with E-state index in [1.807, 2.05) is 53.3 Å². The molecule has 2 nitrogen and oxygen atoms in total. The molecule has 18 heavy (non-hydrogen) atoms. The molecule has 0 amide bonds. The molecule has 2 aromatic carbocycles. The van der Waals surface area contributed by atoms with E-state index in [1.165, 1.54) is 0 Å². The van der Waals surface area contributed by atoms with Crippen molar-refractivity contribution >= 4 is 15.9 Å². The number of rotatable bonds is 2. The van der Waals surface area contributed by atoms with Gasteiger partial charge >= 0.3 is 0 Å². The number of nitrogens with zero attached hydrogens (tertiary/aromatic N) is 2. The highest BCUT2D eigenvalue weighted by Gasteiger charge is 2.06. The molecule has 0 aliphatic heterocycles. The predicted molar refractivity (Wildman–Crippen MR) is 76.7 cm³/mol. The van der Waals surface area contributed by atoms with Gasteiger partial charge in [0.2, 0.25) is 0 Å². The molecule has 0 atom stereocenters. The standard InChI is InChI=1S/C15H11BrN2/c16-13-7-4-8-14(11-13)18-15(9-10-17-18)12-5-2-1-3-6-12/h1-11H. The van der Waals surface area contributed by atoms with Gasteiger partial charge in [0.25, 0.3) is 0 Å². The van der Waals surface area contributed by atoms with Crippen molar-refractivity contribution in [1.82, 2.24) is 9.78 Å². The lowest BCUT2D eigenvalue weighted by Crippen LogP contribution is -1.98. The van der Waals surface area contributed by atoms with Crippen LogP contribution in [0.3, 0.4) is 0 Å². The van der Waals surface area contributed by atoms with Gasteiger partial charge in [-0.2, -0.15) is 5.10 Å². The van der Waals surface area contributed by atoms with Crippen LogP contribution in [0.15, 0.2) is 71.3 Å². The molecule has 0 bridgehead atoms. The van der Waals surface area contributed by atoms with E-state index in [9.17, 15) is 0 Å². The fraction of sp³-hybridized carbons (Fsp3) is 0. The van der Waals surface area contributed by atoms with Crippen molar-refractivity contribution in [2.45, 2.75) is 0 Å². The summed E-state index contributed by atoms with van der Waals surface area (Å²) in [5.41, 5.74) is 3.30. The average Bonchev–Trinajstić information content (AvgIpc) is 2.89. The molecule has 0 unspecified atom stereocenters. The summed E-state index contributed by atoms with van der Waals surface area (Å²) in [6.45, 7) is 0. The first kappa shape index (κ1) is 11.2. The fourth-order valence-corrected chi connectivity index (χ4v) is 2.33. The van der Waals surface area contributed by atoms with Gasteiger partial charge in [0, 0.05) is 10.0 Å². The zero-order chi connectivity index (χ0) is 12.4. The molecule has 1 heterocycles. The van der Waals surface area contributed by atoms with Gasteiger partial charge in [0.15, 0.2) is 0 Å². The van der Waals surface area contributed by atoms with Crippen LogP contribution in [0.2, 0.25) is 0 Å². The average molecular weight is 299 g/mol. The molecule has 0 saturated carbocycles. The Morgan fingerprint density at radius 1 is 0.889 bits per heavy atom. The first-order valence-corrected chi connectivity index (χ1v) is 6.49. The lowest BCUT2D eigenvalue weighted by Gasteiger charge is -2.07. The minimum atomic E-state index is 1.05. The highest BCUT2D eigenvalue weighted by molar-refractivity contribution is 9.10. The smallest absolute Gasteiger partial charge is 0.0740 e. The van der Waals surface area contributed by atoms with E-state index in [-0.39, 0.29) is 0 Å². The first-order chi connectivity index (χ1) is 8.84.